The molecule has 1 amide bonds. The van der Waals surface area contributed by atoms with Gasteiger partial charge in [-0.1, -0.05) is 31.2 Å². The van der Waals surface area contributed by atoms with Crippen LogP contribution < -0.4 is 16.0 Å². The minimum atomic E-state index is -0.391. The molecule has 8 heteroatoms. The van der Waals surface area contributed by atoms with Crippen LogP contribution in [0.15, 0.2) is 64.5 Å². The lowest BCUT2D eigenvalue weighted by Gasteiger charge is -2.16. The molecule has 2 rings (SSSR count). The van der Waals surface area contributed by atoms with E-state index in [9.17, 15) is 9.18 Å². The van der Waals surface area contributed by atoms with Crippen LogP contribution in [0, 0.1) is 5.82 Å². The van der Waals surface area contributed by atoms with Crippen molar-refractivity contribution in [3.63, 3.8) is 0 Å². The second kappa shape index (κ2) is 12.6. The Balaban J connectivity index is 0.00000364. The number of thioether (sulfide) groups is 1. The van der Waals surface area contributed by atoms with E-state index in [2.05, 4.69) is 40.0 Å². The molecule has 0 aliphatic carbocycles. The van der Waals surface area contributed by atoms with E-state index >= 15 is 0 Å². The van der Waals surface area contributed by atoms with Crippen LogP contribution in [0.2, 0.25) is 0 Å². The van der Waals surface area contributed by atoms with Crippen LogP contribution in [0.4, 0.5) is 10.1 Å². The van der Waals surface area contributed by atoms with Crippen LogP contribution in [0.25, 0.3) is 0 Å². The van der Waals surface area contributed by atoms with Crippen molar-refractivity contribution in [3.8, 4) is 0 Å². The number of hydrogen-bond acceptors (Lipinski definition) is 3. The number of amides is 1. The van der Waals surface area contributed by atoms with Crippen molar-refractivity contribution in [2.45, 2.75) is 17.1 Å². The van der Waals surface area contributed by atoms with Gasteiger partial charge in [0.25, 0.3) is 0 Å². The van der Waals surface area contributed by atoms with Gasteiger partial charge >= 0.3 is 0 Å². The Kier molecular flexibility index (Phi) is 10.8. The fraction of sp³-hybridized carbons (Fsp3) is 0.263. The monoisotopic (exact) mass is 502 g/mol. The Hall–Kier alpha value is -1.81. The van der Waals surface area contributed by atoms with Gasteiger partial charge in [0.05, 0.1) is 6.54 Å². The number of rotatable bonds is 7. The van der Waals surface area contributed by atoms with Crippen molar-refractivity contribution < 1.29 is 9.18 Å². The zero-order chi connectivity index (χ0) is 18.8. The van der Waals surface area contributed by atoms with Crippen molar-refractivity contribution >= 4 is 53.3 Å². The number of carbonyl (C=O) groups excluding carboxylic acids is 1. The molecule has 146 valence electrons. The molecule has 1 atom stereocenters. The molecule has 0 aliphatic rings. The summed E-state index contributed by atoms with van der Waals surface area (Å²) in [5, 5.41) is 9.10. The fourth-order valence-electron chi connectivity index (χ4n) is 2.17. The van der Waals surface area contributed by atoms with Crippen molar-refractivity contribution in [1.29, 1.82) is 0 Å². The topological polar surface area (TPSA) is 65.5 Å². The summed E-state index contributed by atoms with van der Waals surface area (Å²) < 4.78 is 13.1. The molecule has 5 nitrogen and oxygen atoms in total. The third-order valence-corrected chi connectivity index (χ3v) is 4.50. The molecule has 0 heterocycles. The maximum absolute atomic E-state index is 13.1. The predicted molar refractivity (Wildman–Crippen MR) is 122 cm³/mol. The summed E-state index contributed by atoms with van der Waals surface area (Å²) in [4.78, 5) is 17.3. The van der Waals surface area contributed by atoms with Crippen LogP contribution in [-0.2, 0) is 4.79 Å². The van der Waals surface area contributed by atoms with Crippen molar-refractivity contribution in [2.24, 2.45) is 4.99 Å². The van der Waals surface area contributed by atoms with Gasteiger partial charge in [0.1, 0.15) is 5.82 Å². The third kappa shape index (κ3) is 9.09. The largest absolute Gasteiger partial charge is 0.355 e. The lowest BCUT2D eigenvalue weighted by molar-refractivity contribution is -0.115. The van der Waals surface area contributed by atoms with E-state index in [-0.39, 0.29) is 36.4 Å². The summed E-state index contributed by atoms with van der Waals surface area (Å²) in [7, 11) is 1.65. The summed E-state index contributed by atoms with van der Waals surface area (Å²) in [6.45, 7) is 2.86. The first-order valence-corrected chi connectivity index (χ1v) is 9.16. The summed E-state index contributed by atoms with van der Waals surface area (Å²) in [5.41, 5.74) is 0.424. The molecule has 0 saturated heterocycles. The highest BCUT2D eigenvalue weighted by Crippen LogP contribution is 2.21. The number of hydrogen-bond donors (Lipinski definition) is 3. The van der Waals surface area contributed by atoms with E-state index in [1.807, 2.05) is 18.2 Å². The molecule has 3 N–H and O–H groups in total. The van der Waals surface area contributed by atoms with Gasteiger partial charge in [-0.25, -0.2) is 4.39 Å². The van der Waals surface area contributed by atoms with Gasteiger partial charge in [0, 0.05) is 29.4 Å². The second-order valence-corrected chi connectivity index (χ2v) is 7.12. The first kappa shape index (κ1) is 23.2. The molecule has 0 radical (unpaired) electrons. The van der Waals surface area contributed by atoms with Crippen molar-refractivity contribution in [3.05, 3.63) is 60.4 Å². The number of halogens is 2. The van der Waals surface area contributed by atoms with Crippen LogP contribution in [0.5, 0.6) is 0 Å². The average molecular weight is 502 g/mol. The number of benzene rings is 2. The highest BCUT2D eigenvalue weighted by Gasteiger charge is 2.08. The maximum atomic E-state index is 13.1. The lowest BCUT2D eigenvalue weighted by atomic mass is 10.3. The molecule has 1 unspecified atom stereocenters. The number of aliphatic imine (C=N–C) groups is 1. The Labute approximate surface area is 180 Å². The van der Waals surface area contributed by atoms with Crippen LogP contribution >= 0.6 is 35.7 Å². The standard InChI is InChI=1S/C19H23FN4OS.HI/c1-14(26-17-9-4-3-5-10-17)12-22-19(21-2)23-13-18(25)24-16-8-6-7-15(20)11-16;/h3-11,14H,12-13H2,1-2H3,(H,24,25)(H2,21,22,23);1H. The SMILES string of the molecule is CN=C(NCC(=O)Nc1cccc(F)c1)NCC(C)Sc1ccccc1.I. The highest BCUT2D eigenvalue weighted by molar-refractivity contribution is 14.0. The number of anilines is 1. The van der Waals surface area contributed by atoms with Gasteiger partial charge in [-0.15, -0.1) is 35.7 Å². The quantitative estimate of drug-likeness (QED) is 0.234. The molecular weight excluding hydrogens is 478 g/mol. The minimum absolute atomic E-state index is 0. The van der Waals surface area contributed by atoms with E-state index in [4.69, 9.17) is 0 Å². The first-order chi connectivity index (χ1) is 12.6. The van der Waals surface area contributed by atoms with E-state index in [0.29, 0.717) is 23.4 Å². The summed E-state index contributed by atoms with van der Waals surface area (Å²) in [6, 6.07) is 16.0. The lowest BCUT2D eigenvalue weighted by Crippen LogP contribution is -2.43. The van der Waals surface area contributed by atoms with Gasteiger partial charge in [-0.2, -0.15) is 0 Å². The van der Waals surface area contributed by atoms with Gasteiger partial charge in [0.2, 0.25) is 5.91 Å². The molecule has 0 bridgehead atoms. The van der Waals surface area contributed by atoms with E-state index in [1.165, 1.54) is 17.0 Å². The Morgan fingerprint density at radius 2 is 1.89 bits per heavy atom. The van der Waals surface area contributed by atoms with E-state index in [0.717, 1.165) is 0 Å². The number of carbonyl (C=O) groups is 1. The molecule has 27 heavy (non-hydrogen) atoms. The fourth-order valence-corrected chi connectivity index (χ4v) is 3.12. The predicted octanol–water partition coefficient (Wildman–Crippen LogP) is 3.73. The average Bonchev–Trinajstić information content (AvgIpc) is 2.62. The first-order valence-electron chi connectivity index (χ1n) is 8.28. The van der Waals surface area contributed by atoms with E-state index in [1.54, 1.807) is 30.9 Å². The van der Waals surface area contributed by atoms with Crippen molar-refractivity contribution in [2.75, 3.05) is 25.5 Å². The van der Waals surface area contributed by atoms with E-state index < -0.39 is 5.82 Å². The van der Waals surface area contributed by atoms with Gasteiger partial charge in [-0.3, -0.25) is 9.79 Å². The summed E-state index contributed by atoms with van der Waals surface area (Å²) >= 11 is 1.76. The normalized spacial score (nSPS) is 11.9. The van der Waals surface area contributed by atoms with Gasteiger partial charge in [0.15, 0.2) is 5.96 Å². The molecule has 0 fully saturated rings. The van der Waals surface area contributed by atoms with Crippen LogP contribution in [0.3, 0.4) is 0 Å². The molecular formula is C19H24FIN4OS. The smallest absolute Gasteiger partial charge is 0.243 e. The molecule has 0 spiro atoms. The Morgan fingerprint density at radius 3 is 2.56 bits per heavy atom. The number of guanidine groups is 1. The van der Waals surface area contributed by atoms with Gasteiger partial charge in [-0.05, 0) is 30.3 Å². The molecule has 0 aliphatic heterocycles. The number of nitrogens with zero attached hydrogens (tertiary/aromatic N) is 1. The Morgan fingerprint density at radius 1 is 1.15 bits per heavy atom. The van der Waals surface area contributed by atoms with Crippen LogP contribution in [-0.4, -0.2) is 37.3 Å². The second-order valence-electron chi connectivity index (χ2n) is 5.61. The van der Waals surface area contributed by atoms with Crippen LogP contribution in [0.1, 0.15) is 6.92 Å². The molecule has 0 aromatic heterocycles. The minimum Gasteiger partial charge on any atom is -0.355 e. The summed E-state index contributed by atoms with van der Waals surface area (Å²) in [6.07, 6.45) is 0. The summed E-state index contributed by atoms with van der Waals surface area (Å²) in [5.74, 6) is -0.122. The van der Waals surface area contributed by atoms with Gasteiger partial charge < -0.3 is 16.0 Å². The number of nitrogens with one attached hydrogen (secondary N) is 3. The Bertz CT molecular complexity index is 745. The highest BCUT2D eigenvalue weighted by atomic mass is 127. The zero-order valence-electron chi connectivity index (χ0n) is 15.2. The third-order valence-electron chi connectivity index (χ3n) is 3.39. The molecule has 2 aromatic rings. The maximum Gasteiger partial charge on any atom is 0.243 e. The molecule has 2 aromatic carbocycles. The molecule has 0 saturated carbocycles. The zero-order valence-corrected chi connectivity index (χ0v) is 18.4. The van der Waals surface area contributed by atoms with Crippen molar-refractivity contribution in [1.82, 2.24) is 10.6 Å².